The maximum Gasteiger partial charge on any atom is 0.202 e. The molecule has 3 heteroatoms. The Balaban J connectivity index is 2.23. The lowest BCUT2D eigenvalue weighted by Gasteiger charge is -2.08. The second-order valence-corrected chi connectivity index (χ2v) is 3.89. The van der Waals surface area contributed by atoms with E-state index in [-0.39, 0.29) is 5.78 Å². The van der Waals surface area contributed by atoms with Crippen molar-refractivity contribution in [1.29, 1.82) is 0 Å². The Morgan fingerprint density at radius 3 is 2.82 bits per heavy atom. The number of furan rings is 1. The second-order valence-electron chi connectivity index (χ2n) is 3.89. The minimum atomic E-state index is -0.0427. The predicted octanol–water partition coefficient (Wildman–Crippen LogP) is 3.02. The molecule has 88 valence electrons. The number of carbonyl (C=O) groups is 1. The first-order chi connectivity index (χ1) is 8.20. The molecule has 2 aromatic rings. The summed E-state index contributed by atoms with van der Waals surface area (Å²) < 4.78 is 10.3. The Bertz CT molecular complexity index is 512. The van der Waals surface area contributed by atoms with Gasteiger partial charge in [0.2, 0.25) is 5.78 Å². The highest BCUT2D eigenvalue weighted by Crippen LogP contribution is 2.21. The minimum Gasteiger partial charge on any atom is -0.496 e. The molecule has 2 rings (SSSR count). The summed E-state index contributed by atoms with van der Waals surface area (Å²) in [5.41, 5.74) is 1.99. The van der Waals surface area contributed by atoms with Gasteiger partial charge in [-0.25, -0.2) is 0 Å². The van der Waals surface area contributed by atoms with Crippen molar-refractivity contribution in [2.45, 2.75) is 13.3 Å². The first-order valence-corrected chi connectivity index (χ1v) is 5.41. The summed E-state index contributed by atoms with van der Waals surface area (Å²) in [5, 5.41) is 0. The lowest BCUT2D eigenvalue weighted by atomic mass is 10.0. The van der Waals surface area contributed by atoms with Crippen LogP contribution in [0.1, 0.15) is 21.7 Å². The number of ketones is 1. The van der Waals surface area contributed by atoms with Crippen LogP contribution in [0.25, 0.3) is 0 Å². The first kappa shape index (κ1) is 11.5. The van der Waals surface area contributed by atoms with Crippen LogP contribution in [0.5, 0.6) is 5.75 Å². The van der Waals surface area contributed by atoms with Crippen LogP contribution in [-0.2, 0) is 6.42 Å². The zero-order chi connectivity index (χ0) is 12.3. The molecule has 0 aliphatic heterocycles. The van der Waals surface area contributed by atoms with Gasteiger partial charge in [0.15, 0.2) is 5.76 Å². The number of methoxy groups -OCH3 is 1. The van der Waals surface area contributed by atoms with E-state index in [0.717, 1.165) is 16.9 Å². The van der Waals surface area contributed by atoms with E-state index in [9.17, 15) is 4.79 Å². The van der Waals surface area contributed by atoms with Crippen molar-refractivity contribution in [2.75, 3.05) is 7.11 Å². The van der Waals surface area contributed by atoms with Crippen LogP contribution >= 0.6 is 0 Å². The summed E-state index contributed by atoms with van der Waals surface area (Å²) in [7, 11) is 1.60. The first-order valence-electron chi connectivity index (χ1n) is 5.41. The Morgan fingerprint density at radius 1 is 1.35 bits per heavy atom. The minimum absolute atomic E-state index is 0.0427. The summed E-state index contributed by atoms with van der Waals surface area (Å²) >= 11 is 0. The highest BCUT2D eigenvalue weighted by atomic mass is 16.5. The van der Waals surface area contributed by atoms with Crippen molar-refractivity contribution in [3.63, 3.8) is 0 Å². The molecule has 0 unspecified atom stereocenters. The quantitative estimate of drug-likeness (QED) is 0.758. The molecular weight excluding hydrogens is 216 g/mol. The van der Waals surface area contributed by atoms with Gasteiger partial charge < -0.3 is 9.15 Å². The lowest BCUT2D eigenvalue weighted by molar-refractivity contribution is 0.0965. The Hall–Kier alpha value is -2.03. The molecule has 0 aliphatic rings. The highest BCUT2D eigenvalue weighted by Gasteiger charge is 2.13. The van der Waals surface area contributed by atoms with Gasteiger partial charge in [0.25, 0.3) is 0 Å². The van der Waals surface area contributed by atoms with Crippen LogP contribution in [-0.4, -0.2) is 12.9 Å². The molecule has 0 amide bonds. The number of rotatable bonds is 4. The van der Waals surface area contributed by atoms with Gasteiger partial charge in [0, 0.05) is 12.0 Å². The maximum atomic E-state index is 11.9. The molecule has 0 radical (unpaired) electrons. The van der Waals surface area contributed by atoms with Crippen molar-refractivity contribution in [3.8, 4) is 5.75 Å². The zero-order valence-electron chi connectivity index (χ0n) is 9.90. The van der Waals surface area contributed by atoms with E-state index in [1.165, 1.54) is 6.26 Å². The van der Waals surface area contributed by atoms with Gasteiger partial charge in [-0.2, -0.15) is 0 Å². The van der Waals surface area contributed by atoms with Crippen molar-refractivity contribution in [2.24, 2.45) is 0 Å². The number of hydrogen-bond donors (Lipinski definition) is 0. The molecule has 0 aliphatic carbocycles. The molecule has 17 heavy (non-hydrogen) atoms. The summed E-state index contributed by atoms with van der Waals surface area (Å²) in [6.07, 6.45) is 1.79. The fraction of sp³-hybridized carbons (Fsp3) is 0.214. The van der Waals surface area contributed by atoms with Crippen LogP contribution in [0.2, 0.25) is 0 Å². The Labute approximate surface area is 100 Å². The van der Waals surface area contributed by atoms with Crippen molar-refractivity contribution < 1.29 is 13.9 Å². The summed E-state index contributed by atoms with van der Waals surface area (Å²) in [5.74, 6) is 1.07. The van der Waals surface area contributed by atoms with Crippen molar-refractivity contribution >= 4 is 5.78 Å². The average Bonchev–Trinajstić information content (AvgIpc) is 2.83. The molecule has 0 N–H and O–H groups in total. The molecule has 0 bridgehead atoms. The average molecular weight is 230 g/mol. The number of Topliss-reactive ketones (excluding diaryl/α,β-unsaturated/α-hetero) is 1. The van der Waals surface area contributed by atoms with Crippen LogP contribution in [0.4, 0.5) is 0 Å². The number of hydrogen-bond acceptors (Lipinski definition) is 3. The van der Waals surface area contributed by atoms with Crippen LogP contribution in [0.3, 0.4) is 0 Å². The molecule has 0 atom stereocenters. The van der Waals surface area contributed by atoms with Crippen LogP contribution in [0, 0.1) is 6.92 Å². The third kappa shape index (κ3) is 2.56. The fourth-order valence-corrected chi connectivity index (χ4v) is 1.74. The topological polar surface area (TPSA) is 39.4 Å². The van der Waals surface area contributed by atoms with E-state index in [2.05, 4.69) is 0 Å². The molecule has 0 saturated heterocycles. The van der Waals surface area contributed by atoms with E-state index in [0.29, 0.717) is 12.2 Å². The molecule has 3 nitrogen and oxygen atoms in total. The summed E-state index contributed by atoms with van der Waals surface area (Å²) in [6.45, 7) is 1.99. The molecule has 1 aromatic carbocycles. The maximum absolute atomic E-state index is 11.9. The molecule has 0 spiro atoms. The standard InChI is InChI=1S/C14H14O3/c1-10-5-6-13(16-2)11(8-10)9-12(15)14-4-3-7-17-14/h3-8H,9H2,1-2H3. The number of carbonyl (C=O) groups excluding carboxylic acids is 1. The largest absolute Gasteiger partial charge is 0.496 e. The Morgan fingerprint density at radius 2 is 2.18 bits per heavy atom. The normalized spacial score (nSPS) is 10.2. The van der Waals surface area contributed by atoms with E-state index >= 15 is 0 Å². The van der Waals surface area contributed by atoms with E-state index in [1.807, 2.05) is 25.1 Å². The number of aryl methyl sites for hydroxylation is 1. The molecule has 1 aromatic heterocycles. The zero-order valence-corrected chi connectivity index (χ0v) is 9.90. The van der Waals surface area contributed by atoms with Crippen LogP contribution in [0.15, 0.2) is 41.0 Å². The Kier molecular flexibility index (Phi) is 3.28. The molecule has 0 fully saturated rings. The van der Waals surface area contributed by atoms with Crippen LogP contribution < -0.4 is 4.74 Å². The summed E-state index contributed by atoms with van der Waals surface area (Å²) in [6, 6.07) is 9.17. The van der Waals surface area contributed by atoms with E-state index in [1.54, 1.807) is 19.2 Å². The van der Waals surface area contributed by atoms with Gasteiger partial charge in [-0.15, -0.1) is 0 Å². The predicted molar refractivity (Wildman–Crippen MR) is 64.5 cm³/mol. The van der Waals surface area contributed by atoms with Gasteiger partial charge in [-0.1, -0.05) is 17.7 Å². The van der Waals surface area contributed by atoms with Gasteiger partial charge in [0.1, 0.15) is 5.75 Å². The smallest absolute Gasteiger partial charge is 0.202 e. The lowest BCUT2D eigenvalue weighted by Crippen LogP contribution is -2.04. The molecule has 0 saturated carbocycles. The number of ether oxygens (including phenoxy) is 1. The van der Waals surface area contributed by atoms with Gasteiger partial charge in [-0.05, 0) is 25.1 Å². The van der Waals surface area contributed by atoms with E-state index in [4.69, 9.17) is 9.15 Å². The third-order valence-electron chi connectivity index (χ3n) is 2.58. The van der Waals surface area contributed by atoms with E-state index < -0.39 is 0 Å². The third-order valence-corrected chi connectivity index (χ3v) is 2.58. The van der Waals surface area contributed by atoms with Gasteiger partial charge in [-0.3, -0.25) is 4.79 Å². The van der Waals surface area contributed by atoms with Crippen molar-refractivity contribution in [1.82, 2.24) is 0 Å². The summed E-state index contributed by atoms with van der Waals surface area (Å²) in [4.78, 5) is 11.9. The fourth-order valence-electron chi connectivity index (χ4n) is 1.74. The second kappa shape index (κ2) is 4.87. The highest BCUT2D eigenvalue weighted by molar-refractivity contribution is 5.95. The number of benzene rings is 1. The monoisotopic (exact) mass is 230 g/mol. The van der Waals surface area contributed by atoms with Gasteiger partial charge >= 0.3 is 0 Å². The van der Waals surface area contributed by atoms with Crippen molar-refractivity contribution in [3.05, 3.63) is 53.5 Å². The molecule has 1 heterocycles. The SMILES string of the molecule is COc1ccc(C)cc1CC(=O)c1ccco1. The molecular formula is C14H14O3. The van der Waals surface area contributed by atoms with Gasteiger partial charge in [0.05, 0.1) is 13.4 Å².